The van der Waals surface area contributed by atoms with Crippen molar-refractivity contribution >= 4 is 50.0 Å². The standard InChI is InChI=1S/C48H34N2O/c1-48(2)42-14-8-7-13-39(42)40-26-25-38(30-43(40)48)50(36-21-16-32(17-22-36)31-10-4-3-5-11-31)37-23-18-33(19-24-37)34-20-27-45-41(28-34)47-46(51-45)29-35-12-6-9-15-44(35)49-47/h3-30H,1-2H3. The highest BCUT2D eigenvalue weighted by molar-refractivity contribution is 6.07. The van der Waals surface area contributed by atoms with Gasteiger partial charge in [0, 0.05) is 33.2 Å². The van der Waals surface area contributed by atoms with Crippen molar-refractivity contribution in [2.75, 3.05) is 4.90 Å². The molecule has 0 amide bonds. The van der Waals surface area contributed by atoms with Gasteiger partial charge < -0.3 is 9.32 Å². The van der Waals surface area contributed by atoms with Crippen LogP contribution in [0.5, 0.6) is 0 Å². The Balaban J connectivity index is 1.06. The van der Waals surface area contributed by atoms with Crippen LogP contribution in [-0.4, -0.2) is 4.98 Å². The molecule has 0 atom stereocenters. The largest absolute Gasteiger partial charge is 0.454 e. The van der Waals surface area contributed by atoms with E-state index in [1.807, 2.05) is 12.1 Å². The van der Waals surface area contributed by atoms with Gasteiger partial charge in [0.2, 0.25) is 0 Å². The van der Waals surface area contributed by atoms with Crippen molar-refractivity contribution < 1.29 is 4.42 Å². The third kappa shape index (κ3) is 4.77. The molecule has 0 spiro atoms. The van der Waals surface area contributed by atoms with Crippen LogP contribution in [0.3, 0.4) is 0 Å². The maximum atomic E-state index is 6.23. The fraction of sp³-hybridized carbons (Fsp3) is 0.0625. The van der Waals surface area contributed by atoms with Gasteiger partial charge in [-0.2, -0.15) is 0 Å². The average Bonchev–Trinajstić information content (AvgIpc) is 3.65. The van der Waals surface area contributed by atoms with Crippen LogP contribution in [0.15, 0.2) is 174 Å². The van der Waals surface area contributed by atoms with Crippen LogP contribution in [-0.2, 0) is 5.41 Å². The number of benzene rings is 7. The summed E-state index contributed by atoms with van der Waals surface area (Å²) in [5.41, 5.74) is 16.8. The highest BCUT2D eigenvalue weighted by Gasteiger charge is 2.35. The number of fused-ring (bicyclic) bond motifs is 7. The predicted octanol–water partition coefficient (Wildman–Crippen LogP) is 13.2. The molecular weight excluding hydrogens is 621 g/mol. The van der Waals surface area contributed by atoms with Crippen LogP contribution < -0.4 is 4.90 Å². The monoisotopic (exact) mass is 654 g/mol. The summed E-state index contributed by atoms with van der Waals surface area (Å²) in [5.74, 6) is 0. The second-order valence-corrected chi connectivity index (χ2v) is 14.0. The van der Waals surface area contributed by atoms with Crippen LogP contribution in [0.25, 0.3) is 66.4 Å². The number of aromatic nitrogens is 1. The van der Waals surface area contributed by atoms with Gasteiger partial charge in [-0.1, -0.05) is 123 Å². The Morgan fingerprint density at radius 2 is 1.08 bits per heavy atom. The lowest BCUT2D eigenvalue weighted by molar-refractivity contribution is 0.660. The minimum atomic E-state index is -0.0916. The van der Waals surface area contributed by atoms with E-state index in [1.165, 1.54) is 33.4 Å². The number of hydrogen-bond donors (Lipinski definition) is 0. The topological polar surface area (TPSA) is 29.3 Å². The third-order valence-electron chi connectivity index (χ3n) is 10.7. The summed E-state index contributed by atoms with van der Waals surface area (Å²) in [6.45, 7) is 4.68. The van der Waals surface area contributed by atoms with Crippen molar-refractivity contribution in [3.8, 4) is 33.4 Å². The first kappa shape index (κ1) is 29.5. The van der Waals surface area contributed by atoms with Gasteiger partial charge in [-0.05, 0) is 105 Å². The molecule has 0 unspecified atom stereocenters. The second kappa shape index (κ2) is 11.3. The van der Waals surface area contributed by atoms with Crippen LogP contribution in [0, 0.1) is 0 Å². The zero-order valence-corrected chi connectivity index (χ0v) is 28.5. The number of anilines is 3. The zero-order valence-electron chi connectivity index (χ0n) is 28.5. The summed E-state index contributed by atoms with van der Waals surface area (Å²) < 4.78 is 6.23. The van der Waals surface area contributed by atoms with Crippen molar-refractivity contribution in [1.29, 1.82) is 0 Å². The van der Waals surface area contributed by atoms with Gasteiger partial charge in [0.25, 0.3) is 0 Å². The molecule has 9 aromatic rings. The van der Waals surface area contributed by atoms with Crippen molar-refractivity contribution in [3.05, 3.63) is 181 Å². The number of hydrogen-bond acceptors (Lipinski definition) is 3. The Hall–Kier alpha value is -6.45. The Kier molecular flexibility index (Phi) is 6.53. The summed E-state index contributed by atoms with van der Waals surface area (Å²) in [5, 5.41) is 2.11. The lowest BCUT2D eigenvalue weighted by Crippen LogP contribution is -2.16. The molecule has 3 heteroatoms. The van der Waals surface area contributed by atoms with E-state index in [9.17, 15) is 0 Å². The molecule has 7 aromatic carbocycles. The molecule has 2 aromatic heterocycles. The molecule has 10 rings (SSSR count). The summed E-state index contributed by atoms with van der Waals surface area (Å²) in [4.78, 5) is 7.35. The van der Waals surface area contributed by atoms with Crippen molar-refractivity contribution in [2.24, 2.45) is 0 Å². The third-order valence-corrected chi connectivity index (χ3v) is 10.7. The van der Waals surface area contributed by atoms with Gasteiger partial charge in [-0.25, -0.2) is 4.98 Å². The van der Waals surface area contributed by atoms with E-state index in [2.05, 4.69) is 176 Å². The van der Waals surface area contributed by atoms with Gasteiger partial charge in [-0.3, -0.25) is 0 Å². The van der Waals surface area contributed by atoms with Crippen molar-refractivity contribution in [1.82, 2.24) is 4.98 Å². The number of rotatable bonds is 5. The number of para-hydroxylation sites is 1. The van der Waals surface area contributed by atoms with Gasteiger partial charge >= 0.3 is 0 Å². The molecule has 3 nitrogen and oxygen atoms in total. The molecule has 1 aliphatic rings. The summed E-state index contributed by atoms with van der Waals surface area (Å²) >= 11 is 0. The van der Waals surface area contributed by atoms with E-state index in [0.29, 0.717) is 0 Å². The second-order valence-electron chi connectivity index (χ2n) is 14.0. The lowest BCUT2D eigenvalue weighted by Gasteiger charge is -2.28. The highest BCUT2D eigenvalue weighted by Crippen LogP contribution is 2.50. The van der Waals surface area contributed by atoms with Gasteiger partial charge in [0.15, 0.2) is 5.58 Å². The minimum absolute atomic E-state index is 0.0916. The van der Waals surface area contributed by atoms with Gasteiger partial charge in [-0.15, -0.1) is 0 Å². The first-order valence-corrected chi connectivity index (χ1v) is 17.5. The molecule has 51 heavy (non-hydrogen) atoms. The molecule has 0 N–H and O–H groups in total. The molecule has 0 fully saturated rings. The molecule has 242 valence electrons. The van der Waals surface area contributed by atoms with Gasteiger partial charge in [0.05, 0.1) is 5.52 Å². The van der Waals surface area contributed by atoms with Crippen LogP contribution in [0.1, 0.15) is 25.0 Å². The Labute approximate surface area is 297 Å². The maximum absolute atomic E-state index is 6.23. The Bertz CT molecular complexity index is 2760. The molecule has 0 radical (unpaired) electrons. The fourth-order valence-electron chi connectivity index (χ4n) is 7.98. The van der Waals surface area contributed by atoms with E-state index in [0.717, 1.165) is 61.2 Å². The van der Waals surface area contributed by atoms with E-state index in [1.54, 1.807) is 0 Å². The predicted molar refractivity (Wildman–Crippen MR) is 212 cm³/mol. The number of nitrogens with zero attached hydrogens (tertiary/aromatic N) is 2. The zero-order chi connectivity index (χ0) is 34.1. The molecule has 1 aliphatic carbocycles. The van der Waals surface area contributed by atoms with Crippen LogP contribution >= 0.6 is 0 Å². The van der Waals surface area contributed by atoms with Crippen molar-refractivity contribution in [3.63, 3.8) is 0 Å². The summed E-state index contributed by atoms with van der Waals surface area (Å²) in [6.07, 6.45) is 0. The summed E-state index contributed by atoms with van der Waals surface area (Å²) in [6, 6.07) is 60.9. The highest BCUT2D eigenvalue weighted by atomic mass is 16.3. The van der Waals surface area contributed by atoms with Crippen LogP contribution in [0.2, 0.25) is 0 Å². The molecule has 2 heterocycles. The maximum Gasteiger partial charge on any atom is 0.154 e. The molecule has 0 aliphatic heterocycles. The Morgan fingerprint density at radius 3 is 1.86 bits per heavy atom. The summed E-state index contributed by atoms with van der Waals surface area (Å²) in [7, 11) is 0. The quantitative estimate of drug-likeness (QED) is 0.185. The normalized spacial score (nSPS) is 13.1. The fourth-order valence-corrected chi connectivity index (χ4v) is 7.98. The van der Waals surface area contributed by atoms with E-state index < -0.39 is 0 Å². The van der Waals surface area contributed by atoms with E-state index in [4.69, 9.17) is 9.40 Å². The van der Waals surface area contributed by atoms with Crippen LogP contribution in [0.4, 0.5) is 17.1 Å². The molecule has 0 saturated carbocycles. The van der Waals surface area contributed by atoms with E-state index in [-0.39, 0.29) is 5.41 Å². The molecule has 0 bridgehead atoms. The SMILES string of the molecule is CC1(C)c2ccccc2-c2ccc(N(c3ccc(-c4ccccc4)cc3)c3ccc(-c4ccc5oc6cc7ccccc7nc6c5c4)cc3)cc21. The minimum Gasteiger partial charge on any atom is -0.454 e. The Morgan fingerprint density at radius 1 is 0.471 bits per heavy atom. The number of pyridine rings is 1. The molecular formula is C48H34N2O. The smallest absolute Gasteiger partial charge is 0.154 e. The lowest BCUT2D eigenvalue weighted by atomic mass is 9.82. The first-order valence-electron chi connectivity index (χ1n) is 17.5. The number of furan rings is 1. The molecule has 0 saturated heterocycles. The first-order chi connectivity index (χ1) is 25.0. The van der Waals surface area contributed by atoms with E-state index >= 15 is 0 Å². The van der Waals surface area contributed by atoms with Gasteiger partial charge in [0.1, 0.15) is 11.1 Å². The average molecular weight is 655 g/mol. The van der Waals surface area contributed by atoms with Crippen molar-refractivity contribution in [2.45, 2.75) is 19.3 Å².